The fourth-order valence-electron chi connectivity index (χ4n) is 2.07. The fraction of sp³-hybridized carbons (Fsp3) is 0.857. The number of likely N-dealkylation sites (tertiary alicyclic amines) is 1. The Labute approximate surface area is 60.3 Å². The summed E-state index contributed by atoms with van der Waals surface area (Å²) in [5.74, 6) is 0. The molecule has 1 heterocycles. The quantitative estimate of drug-likeness (QED) is 0.394. The van der Waals surface area contributed by atoms with Gasteiger partial charge in [0.25, 0.3) is 0 Å². The number of hydrogen-bond donors (Lipinski definition) is 1. The minimum atomic E-state index is 0.309. The van der Waals surface area contributed by atoms with E-state index < -0.39 is 0 Å². The molecule has 1 spiro atoms. The fourth-order valence-corrected chi connectivity index (χ4v) is 2.07. The Morgan fingerprint density at radius 3 is 2.60 bits per heavy atom. The van der Waals surface area contributed by atoms with E-state index in [1.165, 1.54) is 6.42 Å². The standard InChI is InChI=1S/C7H12N2O/c1-9-4-7(5-9)3-2-6(7)8-10/h10H,2-5H2,1H3/b8-6+. The summed E-state index contributed by atoms with van der Waals surface area (Å²) < 4.78 is 0. The summed E-state index contributed by atoms with van der Waals surface area (Å²) in [6.45, 7) is 2.18. The normalized spacial score (nSPS) is 33.9. The average molecular weight is 140 g/mol. The molecule has 0 amide bonds. The van der Waals surface area contributed by atoms with Crippen molar-refractivity contribution >= 4 is 5.71 Å². The molecule has 0 radical (unpaired) electrons. The second kappa shape index (κ2) is 1.72. The molecule has 1 saturated carbocycles. The van der Waals surface area contributed by atoms with E-state index in [0.717, 1.165) is 25.2 Å². The van der Waals surface area contributed by atoms with Crippen molar-refractivity contribution in [1.82, 2.24) is 4.90 Å². The minimum absolute atomic E-state index is 0.309. The maximum Gasteiger partial charge on any atom is 0.0658 e. The van der Waals surface area contributed by atoms with Crippen LogP contribution in [0.5, 0.6) is 0 Å². The lowest BCUT2D eigenvalue weighted by molar-refractivity contribution is 0.0488. The summed E-state index contributed by atoms with van der Waals surface area (Å²) in [5, 5.41) is 11.8. The van der Waals surface area contributed by atoms with Crippen molar-refractivity contribution < 1.29 is 5.21 Å². The molecular weight excluding hydrogens is 128 g/mol. The van der Waals surface area contributed by atoms with Crippen molar-refractivity contribution in [3.63, 3.8) is 0 Å². The smallest absolute Gasteiger partial charge is 0.0658 e. The summed E-state index contributed by atoms with van der Waals surface area (Å²) in [6, 6.07) is 0. The van der Waals surface area contributed by atoms with E-state index in [1.54, 1.807) is 0 Å². The number of nitrogens with zero attached hydrogens (tertiary/aromatic N) is 2. The summed E-state index contributed by atoms with van der Waals surface area (Å²) in [5.41, 5.74) is 1.33. The maximum atomic E-state index is 8.54. The Balaban J connectivity index is 2.06. The van der Waals surface area contributed by atoms with E-state index in [4.69, 9.17) is 5.21 Å². The van der Waals surface area contributed by atoms with Gasteiger partial charge >= 0.3 is 0 Å². The molecule has 3 nitrogen and oxygen atoms in total. The SMILES string of the molecule is CN1CC2(CC/C2=N\O)C1. The van der Waals surface area contributed by atoms with E-state index >= 15 is 0 Å². The van der Waals surface area contributed by atoms with Crippen molar-refractivity contribution in [3.8, 4) is 0 Å². The van der Waals surface area contributed by atoms with Gasteiger partial charge in [-0.1, -0.05) is 5.16 Å². The highest BCUT2D eigenvalue weighted by atomic mass is 16.4. The zero-order chi connectivity index (χ0) is 7.19. The van der Waals surface area contributed by atoms with Gasteiger partial charge < -0.3 is 10.1 Å². The van der Waals surface area contributed by atoms with Gasteiger partial charge in [0.2, 0.25) is 0 Å². The number of oxime groups is 1. The molecule has 0 aromatic heterocycles. The molecule has 0 aromatic carbocycles. The van der Waals surface area contributed by atoms with Gasteiger partial charge in [-0.2, -0.15) is 0 Å². The zero-order valence-corrected chi connectivity index (χ0v) is 6.17. The highest BCUT2D eigenvalue weighted by molar-refractivity contribution is 5.96. The van der Waals surface area contributed by atoms with E-state index in [1.807, 2.05) is 0 Å². The van der Waals surface area contributed by atoms with E-state index in [2.05, 4.69) is 17.1 Å². The summed E-state index contributed by atoms with van der Waals surface area (Å²) in [4.78, 5) is 2.25. The van der Waals surface area contributed by atoms with Gasteiger partial charge in [-0.3, -0.25) is 0 Å². The van der Waals surface area contributed by atoms with Crippen molar-refractivity contribution in [2.45, 2.75) is 12.8 Å². The van der Waals surface area contributed by atoms with Gasteiger partial charge in [0, 0.05) is 18.5 Å². The first-order chi connectivity index (χ1) is 4.77. The van der Waals surface area contributed by atoms with Crippen LogP contribution >= 0.6 is 0 Å². The lowest BCUT2D eigenvalue weighted by Gasteiger charge is -2.54. The van der Waals surface area contributed by atoms with Crippen LogP contribution < -0.4 is 0 Å². The van der Waals surface area contributed by atoms with E-state index in [-0.39, 0.29) is 0 Å². The lowest BCUT2D eigenvalue weighted by Crippen LogP contribution is -2.63. The van der Waals surface area contributed by atoms with Crippen LogP contribution in [0, 0.1) is 5.41 Å². The Bertz CT molecular complexity index is 182. The number of hydrogen-bond acceptors (Lipinski definition) is 3. The molecule has 2 rings (SSSR count). The highest BCUT2D eigenvalue weighted by Gasteiger charge is 2.51. The topological polar surface area (TPSA) is 35.8 Å². The largest absolute Gasteiger partial charge is 0.411 e. The van der Waals surface area contributed by atoms with Gasteiger partial charge in [0.15, 0.2) is 0 Å². The van der Waals surface area contributed by atoms with Crippen LogP contribution in [-0.4, -0.2) is 36.0 Å². The molecule has 0 atom stereocenters. The molecule has 2 fully saturated rings. The van der Waals surface area contributed by atoms with Crippen LogP contribution in [0.1, 0.15) is 12.8 Å². The van der Waals surface area contributed by atoms with Gasteiger partial charge in [-0.25, -0.2) is 0 Å². The summed E-state index contributed by atoms with van der Waals surface area (Å²) in [6.07, 6.45) is 2.22. The monoisotopic (exact) mass is 140 g/mol. The second-order valence-corrected chi connectivity index (χ2v) is 3.50. The summed E-state index contributed by atoms with van der Waals surface area (Å²) >= 11 is 0. The molecule has 3 heteroatoms. The van der Waals surface area contributed by atoms with Crippen molar-refractivity contribution in [2.75, 3.05) is 20.1 Å². The Morgan fingerprint density at radius 2 is 2.30 bits per heavy atom. The number of rotatable bonds is 0. The third-order valence-electron chi connectivity index (χ3n) is 2.72. The molecule has 10 heavy (non-hydrogen) atoms. The van der Waals surface area contributed by atoms with Crippen LogP contribution in [0.25, 0.3) is 0 Å². The van der Waals surface area contributed by atoms with E-state index in [0.29, 0.717) is 5.41 Å². The predicted octanol–water partition coefficient (Wildman–Crippen LogP) is 0.542. The van der Waals surface area contributed by atoms with Crippen molar-refractivity contribution in [3.05, 3.63) is 0 Å². The van der Waals surface area contributed by atoms with Crippen molar-refractivity contribution in [2.24, 2.45) is 10.6 Å². The van der Waals surface area contributed by atoms with E-state index in [9.17, 15) is 0 Å². The molecule has 1 N–H and O–H groups in total. The minimum Gasteiger partial charge on any atom is -0.411 e. The van der Waals surface area contributed by atoms with Crippen LogP contribution in [0.3, 0.4) is 0 Å². The lowest BCUT2D eigenvalue weighted by atomic mass is 9.62. The molecule has 0 unspecified atom stereocenters. The van der Waals surface area contributed by atoms with Crippen LogP contribution in [0.2, 0.25) is 0 Å². The first-order valence-electron chi connectivity index (χ1n) is 3.67. The van der Waals surface area contributed by atoms with Crippen LogP contribution in [0.4, 0.5) is 0 Å². The molecule has 56 valence electrons. The molecule has 0 bridgehead atoms. The van der Waals surface area contributed by atoms with Gasteiger partial charge in [-0.15, -0.1) is 0 Å². The van der Waals surface area contributed by atoms with Gasteiger partial charge in [0.1, 0.15) is 0 Å². The average Bonchev–Trinajstić information content (AvgIpc) is 1.79. The van der Waals surface area contributed by atoms with Gasteiger partial charge in [-0.05, 0) is 19.9 Å². The molecular formula is C7H12N2O. The zero-order valence-electron chi connectivity index (χ0n) is 6.17. The second-order valence-electron chi connectivity index (χ2n) is 3.50. The third-order valence-corrected chi connectivity index (χ3v) is 2.72. The first kappa shape index (κ1) is 6.16. The molecule has 1 saturated heterocycles. The first-order valence-corrected chi connectivity index (χ1v) is 3.67. The predicted molar refractivity (Wildman–Crippen MR) is 38.4 cm³/mol. The maximum absolute atomic E-state index is 8.54. The highest BCUT2D eigenvalue weighted by Crippen LogP contribution is 2.44. The molecule has 1 aliphatic heterocycles. The Kier molecular flexibility index (Phi) is 1.06. The molecule has 1 aliphatic carbocycles. The van der Waals surface area contributed by atoms with Gasteiger partial charge in [0.05, 0.1) is 5.71 Å². The van der Waals surface area contributed by atoms with Crippen molar-refractivity contribution in [1.29, 1.82) is 0 Å². The summed E-state index contributed by atoms with van der Waals surface area (Å²) in [7, 11) is 2.10. The molecule has 2 aliphatic rings. The Morgan fingerprint density at radius 1 is 1.60 bits per heavy atom. The third kappa shape index (κ3) is 0.560. The Hall–Kier alpha value is -0.570. The van der Waals surface area contributed by atoms with Crippen LogP contribution in [-0.2, 0) is 0 Å². The van der Waals surface area contributed by atoms with Crippen LogP contribution in [0.15, 0.2) is 5.16 Å². The molecule has 0 aromatic rings.